The molecular weight excluding hydrogens is 747 g/mol. The topological polar surface area (TPSA) is 200 Å². The van der Waals surface area contributed by atoms with Crippen LogP contribution in [0.2, 0.25) is 5.82 Å². The number of ketones is 3. The van der Waals surface area contributed by atoms with Crippen molar-refractivity contribution in [2.45, 2.75) is 135 Å². The molecule has 4 fully saturated rings. The molecule has 3 aliphatic carbocycles. The minimum absolute atomic E-state index is 0.0250. The van der Waals surface area contributed by atoms with Crippen LogP contribution in [0.3, 0.4) is 0 Å². The number of aryl methyl sites for hydroxylation is 1. The van der Waals surface area contributed by atoms with Crippen LogP contribution in [0.1, 0.15) is 115 Å². The number of amides is 2. The molecule has 12 nitrogen and oxygen atoms in total. The lowest BCUT2D eigenvalue weighted by Crippen LogP contribution is -2.65. The van der Waals surface area contributed by atoms with Crippen LogP contribution in [-0.2, 0) is 34.9 Å². The molecule has 59 heavy (non-hydrogen) atoms. The Morgan fingerprint density at radius 2 is 1.44 bits per heavy atom. The average Bonchev–Trinajstić information content (AvgIpc) is 3.59. The summed E-state index contributed by atoms with van der Waals surface area (Å²) in [6.07, 6.45) is 5.40. The van der Waals surface area contributed by atoms with Crippen LogP contribution >= 0.6 is 0 Å². The number of benzene rings is 2. The predicted octanol–water partition coefficient (Wildman–Crippen LogP) is 5.22. The van der Waals surface area contributed by atoms with E-state index >= 15 is 0 Å². The van der Waals surface area contributed by atoms with Crippen LogP contribution in [0.4, 0.5) is 0 Å². The Kier molecular flexibility index (Phi) is 15.9. The van der Waals surface area contributed by atoms with E-state index in [9.17, 15) is 29.1 Å². The van der Waals surface area contributed by atoms with E-state index in [0.717, 1.165) is 43.2 Å². The molecule has 4 aliphatic rings. The second-order valence-electron chi connectivity index (χ2n) is 18.2. The van der Waals surface area contributed by atoms with Gasteiger partial charge in [-0.1, -0.05) is 89.6 Å². The molecule has 2 aromatic rings. The van der Waals surface area contributed by atoms with Crippen molar-refractivity contribution >= 4 is 36.3 Å². The van der Waals surface area contributed by atoms with Crippen LogP contribution < -0.4 is 22.1 Å². The SMILES string of the molecule is CCCCc1ccc(-c2ccc(C(=O)C[C@@H](CCN)C(=O)NC(CCN)C(=O)C[C@@H](C)C(=O)N[C@@H](CO)C(=O)C[C@@H](C)B3OC4C[C@@H]5C[C@@H](C5(C)C)[C@]4(C)O3)cc2)cc1. The van der Waals surface area contributed by atoms with E-state index in [0.29, 0.717) is 17.4 Å². The molecule has 0 aromatic heterocycles. The van der Waals surface area contributed by atoms with Gasteiger partial charge in [0.25, 0.3) is 0 Å². The number of hydrogen-bond donors (Lipinski definition) is 5. The van der Waals surface area contributed by atoms with Crippen molar-refractivity contribution in [3.63, 3.8) is 0 Å². The number of aliphatic hydroxyl groups excluding tert-OH is 1. The van der Waals surface area contributed by atoms with Gasteiger partial charge in [0.2, 0.25) is 11.8 Å². The molecule has 9 atom stereocenters. The molecule has 13 heteroatoms. The Balaban J connectivity index is 1.11. The number of hydrogen-bond acceptors (Lipinski definition) is 10. The van der Waals surface area contributed by atoms with Crippen LogP contribution in [0.15, 0.2) is 48.5 Å². The third-order valence-electron chi connectivity index (χ3n) is 13.6. The van der Waals surface area contributed by atoms with E-state index in [1.807, 2.05) is 19.1 Å². The zero-order valence-corrected chi connectivity index (χ0v) is 36.0. The lowest BCUT2D eigenvalue weighted by atomic mass is 9.43. The standard InChI is InChI=1S/C46H67BN4O8/c1-7-8-9-30-10-12-31(13-11-30)32-14-16-33(17-15-32)38(53)24-34(18-20-48)44(57)50-36(19-21-49)39(54)22-28(2)43(56)51-37(27-52)40(55)23-29(3)47-58-42-26-35-25-41(45(35,4)5)46(42,6)59-47/h10-17,28-29,34-37,41-42,52H,7-9,18-27,48-49H2,1-6H3,(H,50,57)(H,51,56)/t28-,29-,34-,35+,36?,37+,41+,42?,46+/m1/s1. The van der Waals surface area contributed by atoms with Gasteiger partial charge >= 0.3 is 7.12 Å². The minimum Gasteiger partial charge on any atom is -0.405 e. The average molecular weight is 815 g/mol. The molecule has 0 spiro atoms. The van der Waals surface area contributed by atoms with Gasteiger partial charge in [-0.25, -0.2) is 0 Å². The highest BCUT2D eigenvalue weighted by Gasteiger charge is 2.68. The first-order chi connectivity index (χ1) is 28.1. The maximum absolute atomic E-state index is 13.5. The zero-order valence-electron chi connectivity index (χ0n) is 36.0. The number of aliphatic hydroxyl groups is 1. The molecule has 7 N–H and O–H groups in total. The number of unbranched alkanes of at least 4 members (excludes halogenated alkanes) is 1. The zero-order chi connectivity index (χ0) is 43.1. The molecule has 322 valence electrons. The van der Waals surface area contributed by atoms with E-state index in [4.69, 9.17) is 20.8 Å². The predicted molar refractivity (Wildman–Crippen MR) is 229 cm³/mol. The van der Waals surface area contributed by atoms with Gasteiger partial charge in [0.05, 0.1) is 24.4 Å². The molecule has 1 aliphatic heterocycles. The fraction of sp³-hybridized carbons (Fsp3) is 0.630. The molecule has 1 saturated heterocycles. The normalized spacial score (nSPS) is 24.2. The summed E-state index contributed by atoms with van der Waals surface area (Å²) in [5.41, 5.74) is 15.3. The molecule has 2 unspecified atom stereocenters. The smallest absolute Gasteiger partial charge is 0.405 e. The minimum atomic E-state index is -1.17. The molecule has 1 heterocycles. The number of nitrogens with two attached hydrogens (primary N) is 2. The summed E-state index contributed by atoms with van der Waals surface area (Å²) in [6.45, 7) is 11.9. The number of rotatable bonds is 23. The van der Waals surface area contributed by atoms with E-state index in [1.54, 1.807) is 19.1 Å². The molecule has 2 bridgehead atoms. The van der Waals surface area contributed by atoms with Crippen LogP contribution in [0.25, 0.3) is 11.1 Å². The van der Waals surface area contributed by atoms with Crippen molar-refractivity contribution in [3.8, 4) is 11.1 Å². The maximum Gasteiger partial charge on any atom is 0.461 e. The van der Waals surface area contributed by atoms with Crippen LogP contribution in [0.5, 0.6) is 0 Å². The highest BCUT2D eigenvalue weighted by molar-refractivity contribution is 6.47. The molecule has 6 rings (SSSR count). The van der Waals surface area contributed by atoms with Gasteiger partial charge in [0.1, 0.15) is 6.04 Å². The third kappa shape index (κ3) is 10.8. The van der Waals surface area contributed by atoms with Gasteiger partial charge in [-0.05, 0) is 98.3 Å². The van der Waals surface area contributed by atoms with Gasteiger partial charge < -0.3 is 36.5 Å². The summed E-state index contributed by atoms with van der Waals surface area (Å²) in [7, 11) is -0.566. The molecular formula is C46H67BN4O8. The third-order valence-corrected chi connectivity index (χ3v) is 13.6. The summed E-state index contributed by atoms with van der Waals surface area (Å²) in [5, 5.41) is 15.5. The second kappa shape index (κ2) is 20.2. The Morgan fingerprint density at radius 3 is 2.03 bits per heavy atom. The van der Waals surface area contributed by atoms with Crippen LogP contribution in [0, 0.1) is 29.1 Å². The number of Topliss-reactive ketones (excluding diaryl/α,β-unsaturated/α-hetero) is 3. The Hall–Kier alpha value is -3.75. The van der Waals surface area contributed by atoms with Crippen molar-refractivity contribution < 1.29 is 38.4 Å². The Morgan fingerprint density at radius 1 is 0.831 bits per heavy atom. The molecule has 0 radical (unpaired) electrons. The summed E-state index contributed by atoms with van der Waals surface area (Å²) in [5.74, 6) is -3.04. The second-order valence-corrected chi connectivity index (χ2v) is 18.2. The number of carbonyl (C=O) groups is 5. The van der Waals surface area contributed by atoms with Crippen molar-refractivity contribution in [3.05, 3.63) is 59.7 Å². The Bertz CT molecular complexity index is 1790. The fourth-order valence-corrected chi connectivity index (χ4v) is 9.51. The molecule has 2 aromatic carbocycles. The van der Waals surface area contributed by atoms with Crippen molar-refractivity contribution in [1.29, 1.82) is 0 Å². The first-order valence-electron chi connectivity index (χ1n) is 21.8. The van der Waals surface area contributed by atoms with Gasteiger partial charge in [-0.15, -0.1) is 0 Å². The van der Waals surface area contributed by atoms with E-state index < -0.39 is 60.8 Å². The summed E-state index contributed by atoms with van der Waals surface area (Å²) in [4.78, 5) is 67.1. The van der Waals surface area contributed by atoms with E-state index in [-0.39, 0.29) is 74.1 Å². The maximum atomic E-state index is 13.5. The van der Waals surface area contributed by atoms with Gasteiger partial charge in [0, 0.05) is 36.7 Å². The first-order valence-corrected chi connectivity index (χ1v) is 21.8. The fourth-order valence-electron chi connectivity index (χ4n) is 9.51. The largest absolute Gasteiger partial charge is 0.461 e. The molecule has 2 amide bonds. The van der Waals surface area contributed by atoms with Gasteiger partial charge in [0.15, 0.2) is 17.3 Å². The summed E-state index contributed by atoms with van der Waals surface area (Å²) < 4.78 is 12.9. The van der Waals surface area contributed by atoms with Crippen molar-refractivity contribution in [2.75, 3.05) is 19.7 Å². The monoisotopic (exact) mass is 815 g/mol. The first kappa shape index (κ1) is 46.3. The lowest BCUT2D eigenvalue weighted by molar-refractivity contribution is -0.199. The van der Waals surface area contributed by atoms with Gasteiger partial charge in [-0.2, -0.15) is 0 Å². The highest BCUT2D eigenvalue weighted by atomic mass is 16.7. The van der Waals surface area contributed by atoms with E-state index in [1.165, 1.54) is 5.56 Å². The number of carbonyl (C=O) groups excluding carboxylic acids is 5. The molecule has 3 saturated carbocycles. The summed E-state index contributed by atoms with van der Waals surface area (Å²) >= 11 is 0. The van der Waals surface area contributed by atoms with Gasteiger partial charge in [-0.3, -0.25) is 24.0 Å². The van der Waals surface area contributed by atoms with Crippen molar-refractivity contribution in [2.24, 2.45) is 40.6 Å². The van der Waals surface area contributed by atoms with Crippen LogP contribution in [-0.4, -0.2) is 84.9 Å². The number of nitrogens with one attached hydrogen (secondary N) is 2. The highest BCUT2D eigenvalue weighted by Crippen LogP contribution is 2.66. The van der Waals surface area contributed by atoms with E-state index in [2.05, 4.69) is 62.6 Å². The quantitative estimate of drug-likeness (QED) is 0.0733. The lowest BCUT2D eigenvalue weighted by Gasteiger charge is -2.64. The summed E-state index contributed by atoms with van der Waals surface area (Å²) in [6, 6.07) is 13.6. The Labute approximate surface area is 350 Å². The van der Waals surface area contributed by atoms with Crippen molar-refractivity contribution in [1.82, 2.24) is 10.6 Å².